The van der Waals surface area contributed by atoms with Crippen LogP contribution >= 0.6 is 0 Å². The molecular weight excluding hydrogens is 260 g/mol. The summed E-state index contributed by atoms with van der Waals surface area (Å²) in [5.74, 6) is -0.00775. The predicted molar refractivity (Wildman–Crippen MR) is 83.2 cm³/mol. The third kappa shape index (κ3) is 2.88. The molecule has 3 rings (SSSR count). The fourth-order valence-electron chi connectivity index (χ4n) is 2.56. The Kier molecular flexibility index (Phi) is 3.84. The molecule has 106 valence electrons. The Morgan fingerprint density at radius 1 is 1.00 bits per heavy atom. The van der Waals surface area contributed by atoms with Crippen molar-refractivity contribution in [2.45, 2.75) is 19.0 Å². The van der Waals surface area contributed by atoms with Gasteiger partial charge >= 0.3 is 0 Å². The van der Waals surface area contributed by atoms with Crippen molar-refractivity contribution in [1.29, 1.82) is 0 Å². The van der Waals surface area contributed by atoms with Gasteiger partial charge in [0.1, 0.15) is 0 Å². The van der Waals surface area contributed by atoms with Crippen molar-refractivity contribution in [3.8, 4) is 0 Å². The minimum Gasteiger partial charge on any atom is -0.268 e. The molecule has 0 aromatic heterocycles. The second-order valence-electron chi connectivity index (χ2n) is 5.18. The molecule has 0 bridgehead atoms. The van der Waals surface area contributed by atoms with E-state index in [1.807, 2.05) is 54.6 Å². The van der Waals surface area contributed by atoms with Gasteiger partial charge in [-0.25, -0.2) is 5.43 Å². The van der Waals surface area contributed by atoms with Crippen molar-refractivity contribution >= 4 is 5.91 Å². The van der Waals surface area contributed by atoms with Gasteiger partial charge in [-0.05, 0) is 18.1 Å². The summed E-state index contributed by atoms with van der Waals surface area (Å²) in [4.78, 5) is 12.1. The fraction of sp³-hybridized carbons (Fsp3) is 0.167. The highest BCUT2D eigenvalue weighted by Gasteiger charge is 2.28. The van der Waals surface area contributed by atoms with E-state index in [-0.39, 0.29) is 18.0 Å². The Bertz CT molecular complexity index is 637. The van der Waals surface area contributed by atoms with Crippen LogP contribution in [0.15, 0.2) is 72.8 Å². The lowest BCUT2D eigenvalue weighted by Gasteiger charge is -2.29. The number of nitrogens with zero attached hydrogens (tertiary/aromatic N) is 1. The van der Waals surface area contributed by atoms with Gasteiger partial charge < -0.3 is 0 Å². The molecule has 0 saturated carbocycles. The van der Waals surface area contributed by atoms with E-state index in [1.165, 1.54) is 0 Å². The van der Waals surface area contributed by atoms with E-state index in [2.05, 4.69) is 24.5 Å². The van der Waals surface area contributed by atoms with Gasteiger partial charge in [0, 0.05) is 12.1 Å². The maximum absolute atomic E-state index is 12.1. The Morgan fingerprint density at radius 3 is 2.29 bits per heavy atom. The summed E-state index contributed by atoms with van der Waals surface area (Å²) >= 11 is 0. The second-order valence-corrected chi connectivity index (χ2v) is 5.18. The minimum absolute atomic E-state index is 0.00775. The van der Waals surface area contributed by atoms with Gasteiger partial charge in [0.15, 0.2) is 0 Å². The number of carbonyl (C=O) groups excluding carboxylic acids is 1. The molecule has 0 fully saturated rings. The standard InChI is InChI=1S/C18H18N2O/c1-14(15-8-4-2-5-9-15)19-20-17(12-13-18(20)21)16-10-6-3-7-11-16/h2-14,17,19H,1H3/t14?,17-/m1/s1. The third-order valence-electron chi connectivity index (χ3n) is 3.71. The normalized spacial score (nSPS) is 19.0. The Balaban J connectivity index is 1.79. The van der Waals surface area contributed by atoms with Crippen molar-refractivity contribution < 1.29 is 4.79 Å². The summed E-state index contributed by atoms with van der Waals surface area (Å²) in [6.45, 7) is 2.06. The molecule has 0 spiro atoms. The van der Waals surface area contributed by atoms with Crippen molar-refractivity contribution in [1.82, 2.24) is 10.4 Å². The van der Waals surface area contributed by atoms with E-state index in [9.17, 15) is 4.79 Å². The molecule has 0 radical (unpaired) electrons. The van der Waals surface area contributed by atoms with Crippen LogP contribution in [0.25, 0.3) is 0 Å². The average molecular weight is 278 g/mol. The molecule has 0 saturated heterocycles. The van der Waals surface area contributed by atoms with E-state index in [0.717, 1.165) is 11.1 Å². The van der Waals surface area contributed by atoms with Crippen LogP contribution in [0.4, 0.5) is 0 Å². The van der Waals surface area contributed by atoms with Crippen LogP contribution in [0.3, 0.4) is 0 Å². The SMILES string of the molecule is CC(NN1C(=O)C=C[C@@H]1c1ccccc1)c1ccccc1. The van der Waals surface area contributed by atoms with Gasteiger partial charge in [0.05, 0.1) is 6.04 Å². The van der Waals surface area contributed by atoms with Crippen molar-refractivity contribution in [2.75, 3.05) is 0 Å². The van der Waals surface area contributed by atoms with Crippen molar-refractivity contribution in [2.24, 2.45) is 0 Å². The second kappa shape index (κ2) is 5.94. The monoisotopic (exact) mass is 278 g/mol. The fourth-order valence-corrected chi connectivity index (χ4v) is 2.56. The Morgan fingerprint density at radius 2 is 1.62 bits per heavy atom. The molecule has 1 unspecified atom stereocenters. The Labute approximate surface area is 124 Å². The summed E-state index contributed by atoms with van der Waals surface area (Å²) in [7, 11) is 0. The first-order chi connectivity index (χ1) is 10.3. The molecular formula is C18H18N2O. The largest absolute Gasteiger partial charge is 0.268 e. The molecule has 1 aliphatic heterocycles. The number of rotatable bonds is 4. The van der Waals surface area contributed by atoms with Gasteiger partial charge in [-0.2, -0.15) is 0 Å². The number of amides is 1. The van der Waals surface area contributed by atoms with E-state index in [4.69, 9.17) is 0 Å². The highest BCUT2D eigenvalue weighted by molar-refractivity contribution is 5.90. The van der Waals surface area contributed by atoms with Gasteiger partial charge in [-0.3, -0.25) is 9.80 Å². The van der Waals surface area contributed by atoms with Crippen LogP contribution in [0.2, 0.25) is 0 Å². The predicted octanol–water partition coefficient (Wildman–Crippen LogP) is 3.39. The maximum atomic E-state index is 12.1. The van der Waals surface area contributed by atoms with Crippen LogP contribution in [0.1, 0.15) is 30.1 Å². The molecule has 2 aromatic carbocycles. The first kappa shape index (κ1) is 13.6. The number of carbonyl (C=O) groups is 1. The maximum Gasteiger partial charge on any atom is 0.261 e. The molecule has 1 aliphatic rings. The molecule has 1 amide bonds. The molecule has 1 heterocycles. The zero-order valence-electron chi connectivity index (χ0n) is 11.9. The van der Waals surface area contributed by atoms with Gasteiger partial charge in [0.25, 0.3) is 5.91 Å². The van der Waals surface area contributed by atoms with Crippen LogP contribution in [-0.4, -0.2) is 10.9 Å². The lowest BCUT2D eigenvalue weighted by molar-refractivity contribution is -0.130. The van der Waals surface area contributed by atoms with Crippen LogP contribution in [0.5, 0.6) is 0 Å². The first-order valence-electron chi connectivity index (χ1n) is 7.13. The van der Waals surface area contributed by atoms with Gasteiger partial charge in [0.2, 0.25) is 0 Å². The molecule has 21 heavy (non-hydrogen) atoms. The zero-order valence-corrected chi connectivity index (χ0v) is 11.9. The number of benzene rings is 2. The average Bonchev–Trinajstić information content (AvgIpc) is 2.90. The Hall–Kier alpha value is -2.39. The van der Waals surface area contributed by atoms with E-state index < -0.39 is 0 Å². The summed E-state index contributed by atoms with van der Waals surface area (Å²) in [5.41, 5.74) is 5.58. The lowest BCUT2D eigenvalue weighted by Crippen LogP contribution is -2.42. The quantitative estimate of drug-likeness (QED) is 0.929. The van der Waals surface area contributed by atoms with E-state index in [0.29, 0.717) is 0 Å². The number of nitrogens with one attached hydrogen (secondary N) is 1. The molecule has 2 aromatic rings. The molecule has 0 aliphatic carbocycles. The van der Waals surface area contributed by atoms with E-state index in [1.54, 1.807) is 11.1 Å². The minimum atomic E-state index is -0.0511. The van der Waals surface area contributed by atoms with Gasteiger partial charge in [-0.1, -0.05) is 66.7 Å². The topological polar surface area (TPSA) is 32.3 Å². The number of hydrogen-bond acceptors (Lipinski definition) is 2. The molecule has 2 atom stereocenters. The van der Waals surface area contributed by atoms with Crippen LogP contribution < -0.4 is 5.43 Å². The summed E-state index contributed by atoms with van der Waals surface area (Å²) in [6, 6.07) is 20.2. The van der Waals surface area contributed by atoms with Crippen molar-refractivity contribution in [3.05, 3.63) is 83.9 Å². The van der Waals surface area contributed by atoms with Crippen molar-refractivity contribution in [3.63, 3.8) is 0 Å². The molecule has 3 nitrogen and oxygen atoms in total. The summed E-state index contributed by atoms with van der Waals surface area (Å²) in [5, 5.41) is 1.70. The first-order valence-corrected chi connectivity index (χ1v) is 7.13. The van der Waals surface area contributed by atoms with Crippen LogP contribution in [-0.2, 0) is 4.79 Å². The third-order valence-corrected chi connectivity index (χ3v) is 3.71. The van der Waals surface area contributed by atoms with Crippen LogP contribution in [0, 0.1) is 0 Å². The lowest BCUT2D eigenvalue weighted by atomic mass is 10.1. The molecule has 1 N–H and O–H groups in total. The highest BCUT2D eigenvalue weighted by Crippen LogP contribution is 2.27. The number of hydrazine groups is 1. The number of hydrogen-bond donors (Lipinski definition) is 1. The van der Waals surface area contributed by atoms with E-state index >= 15 is 0 Å². The van der Waals surface area contributed by atoms with Gasteiger partial charge in [-0.15, -0.1) is 0 Å². The molecule has 3 heteroatoms. The zero-order chi connectivity index (χ0) is 14.7. The highest BCUT2D eigenvalue weighted by atomic mass is 16.2. The summed E-state index contributed by atoms with van der Waals surface area (Å²) in [6.07, 6.45) is 3.56. The smallest absolute Gasteiger partial charge is 0.261 e. The summed E-state index contributed by atoms with van der Waals surface area (Å²) < 4.78 is 0.